The molecular weight excluding hydrogens is 397 g/mol. The molecule has 0 aliphatic carbocycles. The summed E-state index contributed by atoms with van der Waals surface area (Å²) in [6.45, 7) is 2.75. The second-order valence-corrected chi connectivity index (χ2v) is 8.89. The Bertz CT molecular complexity index is 631. The van der Waals surface area contributed by atoms with Crippen molar-refractivity contribution < 1.29 is 17.9 Å². The molecule has 138 valence electrons. The van der Waals surface area contributed by atoms with E-state index in [4.69, 9.17) is 16.3 Å². The third-order valence-corrected chi connectivity index (χ3v) is 7.09. The lowest BCUT2D eigenvalue weighted by molar-refractivity contribution is -0.131. The van der Waals surface area contributed by atoms with Crippen LogP contribution in [-0.4, -0.2) is 76.5 Å². The van der Waals surface area contributed by atoms with E-state index in [9.17, 15) is 13.2 Å². The van der Waals surface area contributed by atoms with E-state index in [1.807, 2.05) is 0 Å². The van der Waals surface area contributed by atoms with E-state index in [1.165, 1.54) is 10.4 Å². The van der Waals surface area contributed by atoms with Gasteiger partial charge in [-0.25, -0.2) is 8.42 Å². The zero-order valence-corrected chi connectivity index (χ0v) is 16.4. The number of halogens is 2. The minimum atomic E-state index is -3.52. The third kappa shape index (κ3) is 5.55. The number of sulfonamides is 1. The minimum Gasteiger partial charge on any atom is -0.383 e. The Morgan fingerprint density at radius 2 is 2.00 bits per heavy atom. The second kappa shape index (κ2) is 9.91. The Kier molecular flexibility index (Phi) is 8.93. The van der Waals surface area contributed by atoms with Gasteiger partial charge < -0.3 is 15.0 Å². The Labute approximate surface area is 157 Å². The molecule has 2 rings (SSSR count). The molecule has 1 fully saturated rings. The van der Waals surface area contributed by atoms with E-state index < -0.39 is 10.0 Å². The summed E-state index contributed by atoms with van der Waals surface area (Å²) in [7, 11) is -1.92. The number of nitrogens with zero attached hydrogens (tertiary/aromatic N) is 2. The van der Waals surface area contributed by atoms with E-state index in [2.05, 4.69) is 5.32 Å². The summed E-state index contributed by atoms with van der Waals surface area (Å²) in [6, 6.07) is 3.09. The molecular formula is C13H21Cl2N3O4S2. The summed E-state index contributed by atoms with van der Waals surface area (Å²) in [4.78, 5) is 13.7. The zero-order chi connectivity index (χ0) is 16.9. The number of piperazine rings is 1. The first-order valence-corrected chi connectivity index (χ1v) is 9.81. The SMILES string of the molecule is COCCNCC(=O)N1CCN(S(=O)(=O)c2ccc(Cl)s2)CC1.Cl. The van der Waals surface area contributed by atoms with Crippen LogP contribution in [0.15, 0.2) is 16.3 Å². The summed E-state index contributed by atoms with van der Waals surface area (Å²) in [6.07, 6.45) is 0. The Hall–Kier alpha value is -0.420. The van der Waals surface area contributed by atoms with Crippen LogP contribution in [0.3, 0.4) is 0 Å². The third-order valence-electron chi connectivity index (χ3n) is 3.49. The van der Waals surface area contributed by atoms with Crippen LogP contribution in [0.4, 0.5) is 0 Å². The lowest BCUT2D eigenvalue weighted by atomic mass is 10.3. The highest BCUT2D eigenvalue weighted by Crippen LogP contribution is 2.28. The van der Waals surface area contributed by atoms with E-state index in [0.717, 1.165) is 11.3 Å². The molecule has 1 aliphatic rings. The molecule has 0 unspecified atom stereocenters. The van der Waals surface area contributed by atoms with Crippen LogP contribution in [0.2, 0.25) is 4.34 Å². The minimum absolute atomic E-state index is 0. The topological polar surface area (TPSA) is 79.0 Å². The number of carbonyl (C=O) groups excluding carboxylic acids is 1. The van der Waals surface area contributed by atoms with Crippen LogP contribution in [0.25, 0.3) is 0 Å². The predicted octanol–water partition coefficient (Wildman–Crippen LogP) is 0.892. The maximum atomic E-state index is 12.5. The van der Waals surface area contributed by atoms with Crippen molar-refractivity contribution in [3.05, 3.63) is 16.5 Å². The van der Waals surface area contributed by atoms with Gasteiger partial charge >= 0.3 is 0 Å². The summed E-state index contributed by atoms with van der Waals surface area (Å²) < 4.78 is 31.9. The number of carbonyl (C=O) groups is 1. The van der Waals surface area contributed by atoms with Gasteiger partial charge in [0, 0.05) is 39.8 Å². The monoisotopic (exact) mass is 417 g/mol. The lowest BCUT2D eigenvalue weighted by Gasteiger charge is -2.33. The highest BCUT2D eigenvalue weighted by molar-refractivity contribution is 7.91. The highest BCUT2D eigenvalue weighted by Gasteiger charge is 2.30. The highest BCUT2D eigenvalue weighted by atomic mass is 35.5. The Balaban J connectivity index is 0.00000288. The largest absolute Gasteiger partial charge is 0.383 e. The molecule has 11 heteroatoms. The fraction of sp³-hybridized carbons (Fsp3) is 0.615. The average molecular weight is 418 g/mol. The smallest absolute Gasteiger partial charge is 0.252 e. The predicted molar refractivity (Wildman–Crippen MR) is 96.7 cm³/mol. The van der Waals surface area contributed by atoms with E-state index >= 15 is 0 Å². The van der Waals surface area contributed by atoms with Gasteiger partial charge in [-0.15, -0.1) is 23.7 Å². The summed E-state index contributed by atoms with van der Waals surface area (Å²) in [5, 5.41) is 2.99. The van der Waals surface area contributed by atoms with Crippen LogP contribution in [-0.2, 0) is 19.6 Å². The number of methoxy groups -OCH3 is 1. The van der Waals surface area contributed by atoms with Gasteiger partial charge in [-0.1, -0.05) is 11.6 Å². The first-order chi connectivity index (χ1) is 10.9. The van der Waals surface area contributed by atoms with Crippen molar-refractivity contribution in [2.75, 3.05) is 53.0 Å². The summed E-state index contributed by atoms with van der Waals surface area (Å²) in [5.41, 5.74) is 0. The van der Waals surface area contributed by atoms with Crippen molar-refractivity contribution >= 4 is 51.3 Å². The molecule has 2 heterocycles. The van der Waals surface area contributed by atoms with Crippen LogP contribution in [0, 0.1) is 0 Å². The number of amides is 1. The molecule has 1 saturated heterocycles. The molecule has 0 aromatic carbocycles. The van der Waals surface area contributed by atoms with Crippen molar-refractivity contribution in [2.45, 2.75) is 4.21 Å². The molecule has 0 saturated carbocycles. The molecule has 1 amide bonds. The number of rotatable bonds is 7. The van der Waals surface area contributed by atoms with Gasteiger partial charge in [0.2, 0.25) is 5.91 Å². The number of thiophene rings is 1. The van der Waals surface area contributed by atoms with E-state index in [1.54, 1.807) is 18.1 Å². The van der Waals surface area contributed by atoms with Gasteiger partial charge in [0.25, 0.3) is 10.0 Å². The summed E-state index contributed by atoms with van der Waals surface area (Å²) >= 11 is 6.85. The van der Waals surface area contributed by atoms with Gasteiger partial charge in [0.1, 0.15) is 4.21 Å². The van der Waals surface area contributed by atoms with Gasteiger partial charge in [-0.3, -0.25) is 4.79 Å². The molecule has 1 N–H and O–H groups in total. The van der Waals surface area contributed by atoms with Gasteiger partial charge in [0.05, 0.1) is 17.5 Å². The van der Waals surface area contributed by atoms with Crippen molar-refractivity contribution in [1.82, 2.24) is 14.5 Å². The standard InChI is InChI=1S/C13H20ClN3O4S2.ClH/c1-21-9-4-15-10-12(18)16-5-7-17(8-6-16)23(19,20)13-3-2-11(14)22-13;/h2-3,15H,4-10H2,1H3;1H. The number of hydrogen-bond acceptors (Lipinski definition) is 6. The van der Waals surface area contributed by atoms with Crippen LogP contribution in [0.5, 0.6) is 0 Å². The van der Waals surface area contributed by atoms with Crippen LogP contribution < -0.4 is 5.32 Å². The fourth-order valence-corrected chi connectivity index (χ4v) is 5.28. The van der Waals surface area contributed by atoms with Crippen LogP contribution in [0.1, 0.15) is 0 Å². The maximum absolute atomic E-state index is 12.5. The van der Waals surface area contributed by atoms with Crippen molar-refractivity contribution in [3.8, 4) is 0 Å². The second-order valence-electron chi connectivity index (χ2n) is 5.01. The zero-order valence-electron chi connectivity index (χ0n) is 13.2. The fourth-order valence-electron chi connectivity index (χ4n) is 2.22. The first kappa shape index (κ1) is 21.6. The molecule has 0 atom stereocenters. The number of hydrogen-bond donors (Lipinski definition) is 1. The van der Waals surface area contributed by atoms with Crippen molar-refractivity contribution in [3.63, 3.8) is 0 Å². The van der Waals surface area contributed by atoms with Crippen LogP contribution >= 0.6 is 35.3 Å². The number of ether oxygens (including phenoxy) is 1. The normalized spacial score (nSPS) is 16.0. The molecule has 24 heavy (non-hydrogen) atoms. The lowest BCUT2D eigenvalue weighted by Crippen LogP contribution is -2.52. The van der Waals surface area contributed by atoms with E-state index in [0.29, 0.717) is 43.7 Å². The van der Waals surface area contributed by atoms with Gasteiger partial charge in [-0.2, -0.15) is 4.31 Å². The molecule has 0 radical (unpaired) electrons. The summed E-state index contributed by atoms with van der Waals surface area (Å²) in [5.74, 6) is -0.0303. The molecule has 7 nitrogen and oxygen atoms in total. The van der Waals surface area contributed by atoms with Gasteiger partial charge in [0.15, 0.2) is 0 Å². The number of nitrogens with one attached hydrogen (secondary N) is 1. The van der Waals surface area contributed by atoms with Gasteiger partial charge in [-0.05, 0) is 12.1 Å². The maximum Gasteiger partial charge on any atom is 0.252 e. The van der Waals surface area contributed by atoms with Crippen molar-refractivity contribution in [2.24, 2.45) is 0 Å². The Morgan fingerprint density at radius 1 is 1.33 bits per heavy atom. The first-order valence-electron chi connectivity index (χ1n) is 7.18. The quantitative estimate of drug-likeness (QED) is 0.666. The molecule has 1 aromatic rings. The van der Waals surface area contributed by atoms with E-state index in [-0.39, 0.29) is 29.1 Å². The Morgan fingerprint density at radius 3 is 2.54 bits per heavy atom. The van der Waals surface area contributed by atoms with Crippen molar-refractivity contribution in [1.29, 1.82) is 0 Å². The molecule has 0 spiro atoms. The molecule has 1 aliphatic heterocycles. The molecule has 0 bridgehead atoms. The molecule has 1 aromatic heterocycles. The average Bonchev–Trinajstić information content (AvgIpc) is 2.99.